The van der Waals surface area contributed by atoms with Crippen LogP contribution in [0.4, 0.5) is 4.39 Å². The zero-order valence-electron chi connectivity index (χ0n) is 11.8. The van der Waals surface area contributed by atoms with E-state index in [-0.39, 0.29) is 16.8 Å². The van der Waals surface area contributed by atoms with Crippen molar-refractivity contribution < 1.29 is 13.9 Å². The van der Waals surface area contributed by atoms with Gasteiger partial charge in [-0.05, 0) is 36.5 Å². The first-order valence-corrected chi connectivity index (χ1v) is 7.25. The van der Waals surface area contributed by atoms with Crippen molar-refractivity contribution in [1.82, 2.24) is 4.90 Å². The zero-order chi connectivity index (χ0) is 14.7. The molecule has 1 aliphatic heterocycles. The number of benzene rings is 1. The summed E-state index contributed by atoms with van der Waals surface area (Å²) in [5.74, 6) is 0.349. The van der Waals surface area contributed by atoms with Gasteiger partial charge in [0.25, 0.3) is 0 Å². The highest BCUT2D eigenvalue weighted by molar-refractivity contribution is 6.32. The summed E-state index contributed by atoms with van der Waals surface area (Å²) in [7, 11) is 1.48. The predicted molar refractivity (Wildman–Crippen MR) is 76.8 cm³/mol. The highest BCUT2D eigenvalue weighted by atomic mass is 35.5. The fraction of sp³-hybridized carbons (Fsp3) is 0.533. The van der Waals surface area contributed by atoms with E-state index < -0.39 is 5.82 Å². The van der Waals surface area contributed by atoms with Crippen LogP contribution in [0, 0.1) is 5.82 Å². The van der Waals surface area contributed by atoms with E-state index in [1.54, 1.807) is 6.07 Å². The molecule has 110 valence electrons. The van der Waals surface area contributed by atoms with Crippen LogP contribution in [0.3, 0.4) is 0 Å². The molecule has 1 aliphatic rings. The van der Waals surface area contributed by atoms with Crippen molar-refractivity contribution in [2.45, 2.75) is 32.1 Å². The fourth-order valence-corrected chi connectivity index (χ4v) is 2.84. The number of carbonyl (C=O) groups excluding carboxylic acids is 1. The second-order valence-corrected chi connectivity index (χ2v) is 5.41. The molecule has 20 heavy (non-hydrogen) atoms. The number of amides is 1. The van der Waals surface area contributed by atoms with Crippen LogP contribution in [0.1, 0.15) is 37.7 Å². The summed E-state index contributed by atoms with van der Waals surface area (Å²) in [5.41, 5.74) is 0.896. The third-order valence-electron chi connectivity index (χ3n) is 3.86. The summed E-state index contributed by atoms with van der Waals surface area (Å²) in [6.45, 7) is 3.32. The van der Waals surface area contributed by atoms with Gasteiger partial charge in [-0.25, -0.2) is 4.39 Å². The maximum atomic E-state index is 13.8. The molecule has 3 nitrogen and oxygen atoms in total. The zero-order valence-corrected chi connectivity index (χ0v) is 12.5. The second-order valence-electron chi connectivity index (χ2n) is 5.03. The predicted octanol–water partition coefficient (Wildman–Crippen LogP) is 3.60. The van der Waals surface area contributed by atoms with E-state index in [9.17, 15) is 9.18 Å². The average Bonchev–Trinajstić information content (AvgIpc) is 2.49. The number of hydrogen-bond donors (Lipinski definition) is 0. The number of nitrogens with zero attached hydrogens (tertiary/aromatic N) is 1. The van der Waals surface area contributed by atoms with Crippen LogP contribution < -0.4 is 4.74 Å². The van der Waals surface area contributed by atoms with Crippen LogP contribution in [0.25, 0.3) is 0 Å². The van der Waals surface area contributed by atoms with Crippen LogP contribution in [-0.2, 0) is 4.79 Å². The number of carbonyl (C=O) groups is 1. The van der Waals surface area contributed by atoms with Crippen molar-refractivity contribution in [3.8, 4) is 5.75 Å². The van der Waals surface area contributed by atoms with E-state index in [4.69, 9.17) is 16.3 Å². The van der Waals surface area contributed by atoms with Gasteiger partial charge in [-0.1, -0.05) is 18.5 Å². The van der Waals surface area contributed by atoms with Crippen LogP contribution in [0.15, 0.2) is 12.1 Å². The topological polar surface area (TPSA) is 29.5 Å². The Hall–Kier alpha value is -1.29. The fourth-order valence-electron chi connectivity index (χ4n) is 2.65. The van der Waals surface area contributed by atoms with Crippen LogP contribution >= 0.6 is 11.6 Å². The minimum Gasteiger partial charge on any atom is -0.495 e. The Morgan fingerprint density at radius 1 is 1.45 bits per heavy atom. The number of ether oxygens (including phenoxy) is 1. The Morgan fingerprint density at radius 3 is 2.65 bits per heavy atom. The first kappa shape index (κ1) is 15.1. The molecule has 1 aromatic rings. The summed E-state index contributed by atoms with van der Waals surface area (Å²) >= 11 is 5.83. The van der Waals surface area contributed by atoms with E-state index in [1.165, 1.54) is 13.2 Å². The Morgan fingerprint density at radius 2 is 2.10 bits per heavy atom. The Labute approximate surface area is 123 Å². The lowest BCUT2D eigenvalue weighted by Crippen LogP contribution is -2.37. The molecule has 0 unspecified atom stereocenters. The Bertz CT molecular complexity index is 499. The lowest BCUT2D eigenvalue weighted by Gasteiger charge is -2.32. The first-order valence-electron chi connectivity index (χ1n) is 6.87. The van der Waals surface area contributed by atoms with Crippen molar-refractivity contribution in [3.05, 3.63) is 28.5 Å². The average molecular weight is 300 g/mol. The second kappa shape index (κ2) is 6.44. The molecule has 1 fully saturated rings. The third-order valence-corrected chi connectivity index (χ3v) is 4.23. The number of likely N-dealkylation sites (tertiary alicyclic amines) is 1. The Balaban J connectivity index is 2.11. The molecule has 0 bridgehead atoms. The Kier molecular flexibility index (Phi) is 4.86. The van der Waals surface area contributed by atoms with E-state index >= 15 is 0 Å². The summed E-state index contributed by atoms with van der Waals surface area (Å²) < 4.78 is 18.9. The van der Waals surface area contributed by atoms with Crippen molar-refractivity contribution >= 4 is 17.5 Å². The van der Waals surface area contributed by atoms with Gasteiger partial charge in [-0.15, -0.1) is 0 Å². The van der Waals surface area contributed by atoms with Crippen molar-refractivity contribution in [2.24, 2.45) is 0 Å². The minimum absolute atomic E-state index is 0.0230. The van der Waals surface area contributed by atoms with E-state index in [2.05, 4.69) is 0 Å². The molecule has 1 aromatic carbocycles. The molecule has 1 saturated heterocycles. The molecule has 5 heteroatoms. The van der Waals surface area contributed by atoms with E-state index in [0.29, 0.717) is 12.2 Å². The summed E-state index contributed by atoms with van der Waals surface area (Å²) in [6, 6.07) is 3.28. The number of piperidine rings is 1. The van der Waals surface area contributed by atoms with Gasteiger partial charge < -0.3 is 9.64 Å². The first-order chi connectivity index (χ1) is 9.56. The molecular formula is C15H19ClFNO2. The molecule has 2 rings (SSSR count). The molecule has 0 saturated carbocycles. The van der Waals surface area contributed by atoms with Gasteiger partial charge in [-0.3, -0.25) is 4.79 Å². The molecular weight excluding hydrogens is 281 g/mol. The molecule has 1 amide bonds. The van der Waals surface area contributed by atoms with E-state index in [1.807, 2.05) is 11.8 Å². The normalized spacial score (nSPS) is 16.3. The number of hydrogen-bond acceptors (Lipinski definition) is 2. The standard InChI is InChI=1S/C15H19ClFNO2/c1-3-14(19)18-6-4-10(5-7-18)11-8-12(17)15(16)13(9-11)20-2/h8-10H,3-7H2,1-2H3. The maximum Gasteiger partial charge on any atom is 0.222 e. The maximum absolute atomic E-state index is 13.8. The molecule has 1 heterocycles. The van der Waals surface area contributed by atoms with Crippen LogP contribution in [-0.4, -0.2) is 31.0 Å². The molecule has 0 spiro atoms. The smallest absolute Gasteiger partial charge is 0.222 e. The lowest BCUT2D eigenvalue weighted by molar-refractivity contribution is -0.131. The van der Waals surface area contributed by atoms with Gasteiger partial charge in [-0.2, -0.15) is 0 Å². The number of methoxy groups -OCH3 is 1. The highest BCUT2D eigenvalue weighted by Crippen LogP contribution is 2.35. The summed E-state index contributed by atoms with van der Waals surface area (Å²) in [6.07, 6.45) is 2.22. The largest absolute Gasteiger partial charge is 0.495 e. The lowest BCUT2D eigenvalue weighted by atomic mass is 9.89. The van der Waals surface area contributed by atoms with Gasteiger partial charge in [0.15, 0.2) is 0 Å². The molecule has 0 N–H and O–H groups in total. The molecule has 0 radical (unpaired) electrons. The van der Waals surface area contributed by atoms with Gasteiger partial charge in [0, 0.05) is 19.5 Å². The number of halogens is 2. The van der Waals surface area contributed by atoms with Crippen molar-refractivity contribution in [3.63, 3.8) is 0 Å². The molecule has 0 aromatic heterocycles. The third kappa shape index (κ3) is 3.06. The summed E-state index contributed by atoms with van der Waals surface area (Å²) in [4.78, 5) is 13.5. The monoisotopic (exact) mass is 299 g/mol. The summed E-state index contributed by atoms with van der Waals surface area (Å²) in [5, 5.41) is 0.0230. The highest BCUT2D eigenvalue weighted by Gasteiger charge is 2.24. The van der Waals surface area contributed by atoms with Gasteiger partial charge in [0.1, 0.15) is 16.6 Å². The van der Waals surface area contributed by atoms with Crippen LogP contribution in [0.2, 0.25) is 5.02 Å². The van der Waals surface area contributed by atoms with Gasteiger partial charge in [0.2, 0.25) is 5.91 Å². The minimum atomic E-state index is -0.451. The molecule has 0 atom stereocenters. The van der Waals surface area contributed by atoms with Crippen molar-refractivity contribution in [1.29, 1.82) is 0 Å². The number of rotatable bonds is 3. The molecule has 0 aliphatic carbocycles. The van der Waals surface area contributed by atoms with Gasteiger partial charge in [0.05, 0.1) is 7.11 Å². The van der Waals surface area contributed by atoms with E-state index in [0.717, 1.165) is 31.5 Å². The van der Waals surface area contributed by atoms with Crippen LogP contribution in [0.5, 0.6) is 5.75 Å². The SMILES string of the molecule is CCC(=O)N1CCC(c2cc(F)c(Cl)c(OC)c2)CC1. The van der Waals surface area contributed by atoms with Gasteiger partial charge >= 0.3 is 0 Å². The van der Waals surface area contributed by atoms with Crippen molar-refractivity contribution in [2.75, 3.05) is 20.2 Å². The quantitative estimate of drug-likeness (QED) is 0.853.